The molecule has 7 nitrogen and oxygen atoms in total. The molecule has 0 spiro atoms. The molecule has 0 aliphatic carbocycles. The molecule has 3 rings (SSSR count). The maximum Gasteiger partial charge on any atom is 0.224 e. The minimum atomic E-state index is -0.0285. The van der Waals surface area contributed by atoms with Crippen LogP contribution in [0.15, 0.2) is 29.0 Å². The first-order valence-electron chi connectivity index (χ1n) is 6.83. The first kappa shape index (κ1) is 13.7. The first-order valence-corrected chi connectivity index (χ1v) is 6.83. The third kappa shape index (κ3) is 2.78. The number of carbonyl (C=O) groups is 1. The summed E-state index contributed by atoms with van der Waals surface area (Å²) in [7, 11) is 1.82. The molecule has 1 saturated heterocycles. The van der Waals surface area contributed by atoms with Crippen molar-refractivity contribution in [1.82, 2.24) is 25.3 Å². The number of aromatic nitrogens is 3. The molecule has 0 saturated carbocycles. The van der Waals surface area contributed by atoms with Crippen molar-refractivity contribution in [2.75, 3.05) is 7.05 Å². The van der Waals surface area contributed by atoms with Crippen molar-refractivity contribution < 1.29 is 9.32 Å². The monoisotopic (exact) mass is 287 g/mol. The lowest BCUT2D eigenvalue weighted by Crippen LogP contribution is -2.35. The van der Waals surface area contributed by atoms with E-state index in [1.807, 2.05) is 19.2 Å². The molecule has 2 aromatic heterocycles. The van der Waals surface area contributed by atoms with Gasteiger partial charge in [0.25, 0.3) is 0 Å². The molecule has 1 amide bonds. The predicted octanol–water partition coefficient (Wildman–Crippen LogP) is 0.835. The molecule has 1 aliphatic rings. The highest BCUT2D eigenvalue weighted by atomic mass is 16.5. The molecule has 0 radical (unpaired) electrons. The van der Waals surface area contributed by atoms with E-state index in [1.54, 1.807) is 24.2 Å². The Labute approximate surface area is 122 Å². The molecule has 0 bridgehead atoms. The number of likely N-dealkylation sites (tertiary alicyclic amines) is 1. The van der Waals surface area contributed by atoms with Crippen LogP contribution in [0.3, 0.4) is 0 Å². The Bertz CT molecular complexity index is 627. The summed E-state index contributed by atoms with van der Waals surface area (Å²) in [4.78, 5) is 22.1. The van der Waals surface area contributed by atoms with Gasteiger partial charge in [-0.05, 0) is 11.6 Å². The van der Waals surface area contributed by atoms with Gasteiger partial charge in [-0.2, -0.15) is 4.98 Å². The lowest BCUT2D eigenvalue weighted by atomic mass is 10.0. The van der Waals surface area contributed by atoms with Crippen LogP contribution in [0.4, 0.5) is 0 Å². The number of aryl methyl sites for hydroxylation is 1. The van der Waals surface area contributed by atoms with Gasteiger partial charge in [0.05, 0.1) is 12.6 Å². The van der Waals surface area contributed by atoms with Gasteiger partial charge >= 0.3 is 0 Å². The summed E-state index contributed by atoms with van der Waals surface area (Å²) in [6.07, 6.45) is 3.98. The number of likely N-dealkylation sites (N-methyl/N-ethyl adjacent to an activating group) is 1. The van der Waals surface area contributed by atoms with Crippen molar-refractivity contribution in [2.24, 2.45) is 0 Å². The second-order valence-corrected chi connectivity index (χ2v) is 5.16. The number of hydrogen-bond donors (Lipinski definition) is 1. The summed E-state index contributed by atoms with van der Waals surface area (Å²) in [6, 6.07) is 3.84. The third-order valence-corrected chi connectivity index (χ3v) is 3.70. The molecule has 110 valence electrons. The van der Waals surface area contributed by atoms with Crippen LogP contribution < -0.4 is 5.32 Å². The Kier molecular flexibility index (Phi) is 3.66. The largest absolute Gasteiger partial charge is 0.340 e. The van der Waals surface area contributed by atoms with Gasteiger partial charge in [0.15, 0.2) is 5.82 Å². The average molecular weight is 287 g/mol. The highest BCUT2D eigenvalue weighted by molar-refractivity contribution is 5.80. The molecular weight excluding hydrogens is 270 g/mol. The molecule has 3 heterocycles. The van der Waals surface area contributed by atoms with Crippen LogP contribution in [0.25, 0.3) is 0 Å². The number of carbonyl (C=O) groups excluding carboxylic acids is 1. The van der Waals surface area contributed by atoms with Crippen molar-refractivity contribution >= 4 is 5.91 Å². The highest BCUT2D eigenvalue weighted by Crippen LogP contribution is 2.31. The van der Waals surface area contributed by atoms with E-state index in [4.69, 9.17) is 4.52 Å². The Morgan fingerprint density at radius 2 is 2.38 bits per heavy atom. The number of pyridine rings is 1. The van der Waals surface area contributed by atoms with Crippen LogP contribution in [-0.4, -0.2) is 39.0 Å². The molecule has 21 heavy (non-hydrogen) atoms. The Hall–Kier alpha value is -2.28. The maximum absolute atomic E-state index is 12.0. The Balaban J connectivity index is 1.75. The number of nitrogens with one attached hydrogen (secondary N) is 1. The summed E-state index contributed by atoms with van der Waals surface area (Å²) in [6.45, 7) is 2.22. The van der Waals surface area contributed by atoms with Crippen molar-refractivity contribution in [3.05, 3.63) is 41.8 Å². The van der Waals surface area contributed by atoms with Crippen LogP contribution in [-0.2, 0) is 11.3 Å². The Morgan fingerprint density at radius 3 is 3.05 bits per heavy atom. The fourth-order valence-corrected chi connectivity index (χ4v) is 2.69. The van der Waals surface area contributed by atoms with Crippen molar-refractivity contribution in [3.8, 4) is 0 Å². The third-order valence-electron chi connectivity index (χ3n) is 3.70. The molecule has 7 heteroatoms. The molecule has 0 aromatic carbocycles. The lowest BCUT2D eigenvalue weighted by molar-refractivity contribution is -0.127. The number of hydrogen-bond acceptors (Lipinski definition) is 6. The van der Waals surface area contributed by atoms with E-state index >= 15 is 0 Å². The van der Waals surface area contributed by atoms with Gasteiger partial charge < -0.3 is 14.7 Å². The minimum absolute atomic E-state index is 0.00510. The van der Waals surface area contributed by atoms with Crippen LogP contribution in [0.2, 0.25) is 0 Å². The fraction of sp³-hybridized carbons (Fsp3) is 0.429. The van der Waals surface area contributed by atoms with Crippen LogP contribution >= 0.6 is 0 Å². The summed E-state index contributed by atoms with van der Waals surface area (Å²) >= 11 is 0. The zero-order chi connectivity index (χ0) is 14.8. The molecule has 2 aromatic rings. The standard InChI is InChI=1S/C14H17N5O2/c1-9-17-12(18-21-9)8-16-11-6-13(20)19(2)14(11)10-4-3-5-15-7-10/h3-5,7,11,14,16H,6,8H2,1-2H3/t11-,14+/m1/s1. The zero-order valence-corrected chi connectivity index (χ0v) is 12.0. The minimum Gasteiger partial charge on any atom is -0.340 e. The SMILES string of the molecule is Cc1nc(CN[C@@H]2CC(=O)N(C)[C@H]2c2cccnc2)no1. The average Bonchev–Trinajstić information content (AvgIpc) is 3.02. The van der Waals surface area contributed by atoms with Crippen LogP contribution in [0.1, 0.15) is 29.7 Å². The normalized spacial score (nSPS) is 22.0. The van der Waals surface area contributed by atoms with Gasteiger partial charge in [0, 0.05) is 38.8 Å². The topological polar surface area (TPSA) is 84.2 Å². The van der Waals surface area contributed by atoms with Crippen molar-refractivity contribution in [3.63, 3.8) is 0 Å². The van der Waals surface area contributed by atoms with Crippen LogP contribution in [0.5, 0.6) is 0 Å². The van der Waals surface area contributed by atoms with Gasteiger partial charge in [-0.3, -0.25) is 9.78 Å². The van der Waals surface area contributed by atoms with Gasteiger partial charge in [-0.25, -0.2) is 0 Å². The first-order chi connectivity index (χ1) is 10.1. The van der Waals surface area contributed by atoms with E-state index in [2.05, 4.69) is 20.4 Å². The van der Waals surface area contributed by atoms with Gasteiger partial charge in [-0.1, -0.05) is 11.2 Å². The molecule has 0 unspecified atom stereocenters. The number of nitrogens with zero attached hydrogens (tertiary/aromatic N) is 4. The van der Waals surface area contributed by atoms with E-state index in [0.717, 1.165) is 5.56 Å². The highest BCUT2D eigenvalue weighted by Gasteiger charge is 2.38. The summed E-state index contributed by atoms with van der Waals surface area (Å²) < 4.78 is 4.94. The Morgan fingerprint density at radius 1 is 1.52 bits per heavy atom. The summed E-state index contributed by atoms with van der Waals surface area (Å²) in [5.41, 5.74) is 1.02. The van der Waals surface area contributed by atoms with E-state index in [0.29, 0.717) is 24.7 Å². The zero-order valence-electron chi connectivity index (χ0n) is 12.0. The van der Waals surface area contributed by atoms with Crippen LogP contribution in [0, 0.1) is 6.92 Å². The maximum atomic E-state index is 12.0. The second-order valence-electron chi connectivity index (χ2n) is 5.16. The van der Waals surface area contributed by atoms with Crippen molar-refractivity contribution in [1.29, 1.82) is 0 Å². The van der Waals surface area contributed by atoms with Gasteiger partial charge in [0.1, 0.15) is 0 Å². The smallest absolute Gasteiger partial charge is 0.224 e. The van der Waals surface area contributed by atoms with E-state index < -0.39 is 0 Å². The van der Waals surface area contributed by atoms with E-state index in [1.165, 1.54) is 0 Å². The van der Waals surface area contributed by atoms with Gasteiger partial charge in [-0.15, -0.1) is 0 Å². The van der Waals surface area contributed by atoms with Gasteiger partial charge in [0.2, 0.25) is 11.8 Å². The lowest BCUT2D eigenvalue weighted by Gasteiger charge is -2.25. The second kappa shape index (κ2) is 5.61. The van der Waals surface area contributed by atoms with Crippen molar-refractivity contribution in [2.45, 2.75) is 32.0 Å². The molecule has 1 fully saturated rings. The molecule has 1 N–H and O–H groups in total. The molecule has 1 aliphatic heterocycles. The van der Waals surface area contributed by atoms with E-state index in [9.17, 15) is 4.79 Å². The summed E-state index contributed by atoms with van der Waals surface area (Å²) in [5.74, 6) is 1.25. The number of amides is 1. The van der Waals surface area contributed by atoms with E-state index in [-0.39, 0.29) is 18.0 Å². The summed E-state index contributed by atoms with van der Waals surface area (Å²) in [5, 5.41) is 7.20. The molecule has 2 atom stereocenters. The molecular formula is C14H17N5O2. The quantitative estimate of drug-likeness (QED) is 0.897. The fourth-order valence-electron chi connectivity index (χ4n) is 2.69. The predicted molar refractivity (Wildman–Crippen MR) is 74.0 cm³/mol. The number of rotatable bonds is 4.